The number of rotatable bonds is 6. The van der Waals surface area contributed by atoms with Crippen molar-refractivity contribution in [2.45, 2.75) is 46.1 Å². The Morgan fingerprint density at radius 3 is 2.79 bits per heavy atom. The van der Waals surface area contributed by atoms with Crippen LogP contribution >= 0.6 is 0 Å². The molecule has 1 amide bonds. The summed E-state index contributed by atoms with van der Waals surface area (Å²) in [6.45, 7) is 6.72. The van der Waals surface area contributed by atoms with E-state index in [9.17, 15) is 4.79 Å². The maximum atomic E-state index is 12.2. The molecule has 1 aromatic rings. The van der Waals surface area contributed by atoms with Gasteiger partial charge in [0.1, 0.15) is 0 Å². The molecule has 130 valence electrons. The number of hydrogen-bond acceptors (Lipinski definition) is 4. The Morgan fingerprint density at radius 1 is 1.29 bits per heavy atom. The molecule has 0 spiro atoms. The molecular weight excluding hydrogens is 304 g/mol. The number of carbonyl (C=O) groups is 1. The summed E-state index contributed by atoms with van der Waals surface area (Å²) >= 11 is 0. The summed E-state index contributed by atoms with van der Waals surface area (Å²) in [6.07, 6.45) is 3.41. The van der Waals surface area contributed by atoms with Gasteiger partial charge in [0, 0.05) is 12.1 Å². The average molecular weight is 330 g/mol. The van der Waals surface area contributed by atoms with Crippen molar-refractivity contribution in [1.82, 2.24) is 5.32 Å². The number of nitrogens with zero attached hydrogens (tertiary/aromatic N) is 1. The summed E-state index contributed by atoms with van der Waals surface area (Å²) in [5.74, 6) is 1.97. The van der Waals surface area contributed by atoms with Crippen LogP contribution in [0.25, 0.3) is 0 Å². The molecule has 0 aromatic heterocycles. The molecule has 5 heteroatoms. The van der Waals surface area contributed by atoms with Crippen LogP contribution in [0.1, 0.15) is 45.6 Å². The number of ether oxygens (including phenoxy) is 2. The van der Waals surface area contributed by atoms with Crippen molar-refractivity contribution in [1.29, 1.82) is 5.26 Å². The third kappa shape index (κ3) is 4.64. The Morgan fingerprint density at radius 2 is 2.08 bits per heavy atom. The van der Waals surface area contributed by atoms with Gasteiger partial charge in [0.2, 0.25) is 0 Å². The van der Waals surface area contributed by atoms with Crippen LogP contribution < -0.4 is 14.8 Å². The van der Waals surface area contributed by atoms with Crippen molar-refractivity contribution in [3.63, 3.8) is 0 Å². The lowest BCUT2D eigenvalue weighted by molar-refractivity contribution is -0.124. The summed E-state index contributed by atoms with van der Waals surface area (Å²) in [4.78, 5) is 12.2. The van der Waals surface area contributed by atoms with E-state index in [-0.39, 0.29) is 18.6 Å². The first-order chi connectivity index (χ1) is 11.5. The summed E-state index contributed by atoms with van der Waals surface area (Å²) in [5.41, 5.74) is 0.500. The second-order valence-electron chi connectivity index (χ2n) is 6.44. The van der Waals surface area contributed by atoms with Gasteiger partial charge in [0.05, 0.1) is 18.2 Å². The average Bonchev–Trinajstić information content (AvgIpc) is 2.58. The van der Waals surface area contributed by atoms with Crippen molar-refractivity contribution in [2.75, 3.05) is 13.2 Å². The number of nitriles is 1. The maximum Gasteiger partial charge on any atom is 0.258 e. The Bertz CT molecular complexity index is 609. The van der Waals surface area contributed by atoms with Crippen molar-refractivity contribution < 1.29 is 14.3 Å². The second-order valence-corrected chi connectivity index (χ2v) is 6.44. The Kier molecular flexibility index (Phi) is 6.48. The minimum Gasteiger partial charge on any atom is -0.490 e. The van der Waals surface area contributed by atoms with Crippen LogP contribution in [0, 0.1) is 23.2 Å². The second kappa shape index (κ2) is 8.58. The molecular formula is C19H26N2O3. The monoisotopic (exact) mass is 330 g/mol. The lowest BCUT2D eigenvalue weighted by Gasteiger charge is -2.34. The third-order valence-electron chi connectivity index (χ3n) is 4.78. The zero-order chi connectivity index (χ0) is 17.5. The quantitative estimate of drug-likeness (QED) is 0.869. The van der Waals surface area contributed by atoms with Gasteiger partial charge in [-0.15, -0.1) is 0 Å². The Labute approximate surface area is 144 Å². The van der Waals surface area contributed by atoms with Crippen LogP contribution in [0.3, 0.4) is 0 Å². The van der Waals surface area contributed by atoms with E-state index in [2.05, 4.69) is 25.2 Å². The molecule has 1 aliphatic rings. The van der Waals surface area contributed by atoms with Gasteiger partial charge in [0.15, 0.2) is 18.1 Å². The first kappa shape index (κ1) is 18.1. The summed E-state index contributed by atoms with van der Waals surface area (Å²) < 4.78 is 11.1. The molecule has 3 atom stereocenters. The molecule has 1 N–H and O–H groups in total. The molecule has 0 unspecified atom stereocenters. The Hall–Kier alpha value is -2.22. The van der Waals surface area contributed by atoms with E-state index >= 15 is 0 Å². The smallest absolute Gasteiger partial charge is 0.258 e. The van der Waals surface area contributed by atoms with Crippen molar-refractivity contribution in [3.8, 4) is 17.6 Å². The van der Waals surface area contributed by atoms with Crippen LogP contribution in [0.15, 0.2) is 18.2 Å². The zero-order valence-corrected chi connectivity index (χ0v) is 14.7. The van der Waals surface area contributed by atoms with Crippen molar-refractivity contribution in [2.24, 2.45) is 11.8 Å². The van der Waals surface area contributed by atoms with Gasteiger partial charge in [-0.2, -0.15) is 5.26 Å². The first-order valence-electron chi connectivity index (χ1n) is 8.64. The number of nitrogens with one attached hydrogen (secondary N) is 1. The number of hydrogen-bond donors (Lipinski definition) is 1. The molecule has 1 saturated carbocycles. The molecule has 0 aliphatic heterocycles. The van der Waals surface area contributed by atoms with Crippen molar-refractivity contribution >= 4 is 5.91 Å². The number of benzene rings is 1. The molecule has 0 heterocycles. The highest BCUT2D eigenvalue weighted by Gasteiger charge is 2.28. The highest BCUT2D eigenvalue weighted by molar-refractivity contribution is 5.78. The Balaban J connectivity index is 1.93. The van der Waals surface area contributed by atoms with E-state index in [0.29, 0.717) is 35.5 Å². The minimum atomic E-state index is -0.118. The molecule has 0 bridgehead atoms. The normalized spacial score (nSPS) is 23.2. The van der Waals surface area contributed by atoms with Gasteiger partial charge < -0.3 is 14.8 Å². The molecule has 1 aliphatic carbocycles. The third-order valence-corrected chi connectivity index (χ3v) is 4.78. The molecule has 0 radical (unpaired) electrons. The zero-order valence-electron chi connectivity index (χ0n) is 14.7. The van der Waals surface area contributed by atoms with Crippen LogP contribution in [-0.2, 0) is 4.79 Å². The van der Waals surface area contributed by atoms with Gasteiger partial charge >= 0.3 is 0 Å². The van der Waals surface area contributed by atoms with E-state index in [1.54, 1.807) is 18.2 Å². The fourth-order valence-electron chi connectivity index (χ4n) is 3.14. The minimum absolute atomic E-state index is 0.0520. The van der Waals surface area contributed by atoms with E-state index in [1.165, 1.54) is 6.42 Å². The molecule has 0 saturated heterocycles. The summed E-state index contributed by atoms with van der Waals surface area (Å²) in [7, 11) is 0. The van der Waals surface area contributed by atoms with Crippen LogP contribution in [0.2, 0.25) is 0 Å². The number of carbonyl (C=O) groups excluding carboxylic acids is 1. The van der Waals surface area contributed by atoms with Gasteiger partial charge in [0.25, 0.3) is 5.91 Å². The fourth-order valence-corrected chi connectivity index (χ4v) is 3.14. The molecule has 24 heavy (non-hydrogen) atoms. The molecule has 1 fully saturated rings. The van der Waals surface area contributed by atoms with E-state index in [4.69, 9.17) is 14.7 Å². The lowest BCUT2D eigenvalue weighted by Crippen LogP contribution is -2.45. The first-order valence-corrected chi connectivity index (χ1v) is 8.64. The summed E-state index contributed by atoms with van der Waals surface area (Å²) in [5, 5.41) is 12.0. The predicted molar refractivity (Wildman–Crippen MR) is 91.9 cm³/mol. The van der Waals surface area contributed by atoms with Crippen LogP contribution in [0.5, 0.6) is 11.5 Å². The van der Waals surface area contributed by atoms with Crippen molar-refractivity contribution in [3.05, 3.63) is 23.8 Å². The van der Waals surface area contributed by atoms with Gasteiger partial charge in [-0.1, -0.05) is 26.7 Å². The van der Waals surface area contributed by atoms with Gasteiger partial charge in [-0.05, 0) is 37.3 Å². The standard InChI is InChI=1S/C19H26N2O3/c1-4-23-18-10-15(11-20)8-9-17(18)24-12-19(22)21-16-7-5-6-13(2)14(16)3/h8-10,13-14,16H,4-7,12H2,1-3H3,(H,21,22)/t13-,14+,16-/m1/s1. The molecule has 1 aromatic carbocycles. The predicted octanol–water partition coefficient (Wildman–Crippen LogP) is 3.28. The van der Waals surface area contributed by atoms with Crippen LogP contribution in [-0.4, -0.2) is 25.2 Å². The fraction of sp³-hybridized carbons (Fsp3) is 0.579. The summed E-state index contributed by atoms with van der Waals surface area (Å²) in [6, 6.07) is 7.23. The van der Waals surface area contributed by atoms with Gasteiger partial charge in [-0.25, -0.2) is 0 Å². The van der Waals surface area contributed by atoms with Gasteiger partial charge in [-0.3, -0.25) is 4.79 Å². The topological polar surface area (TPSA) is 71.3 Å². The largest absolute Gasteiger partial charge is 0.490 e. The molecule has 2 rings (SSSR count). The lowest BCUT2D eigenvalue weighted by atomic mass is 9.78. The van der Waals surface area contributed by atoms with E-state index in [1.807, 2.05) is 6.92 Å². The molecule has 5 nitrogen and oxygen atoms in total. The highest BCUT2D eigenvalue weighted by atomic mass is 16.5. The maximum absolute atomic E-state index is 12.2. The number of amides is 1. The highest BCUT2D eigenvalue weighted by Crippen LogP contribution is 2.30. The SMILES string of the molecule is CCOc1cc(C#N)ccc1OCC(=O)N[C@@H]1CCC[C@@H](C)[C@@H]1C. The van der Waals surface area contributed by atoms with E-state index < -0.39 is 0 Å². The van der Waals surface area contributed by atoms with E-state index in [0.717, 1.165) is 12.8 Å². The van der Waals surface area contributed by atoms with Crippen LogP contribution in [0.4, 0.5) is 0 Å².